The molecule has 0 fully saturated rings. The Hall–Kier alpha value is -2.66. The molecule has 3 aromatic rings. The smallest absolute Gasteiger partial charge is 0.194 e. The molecule has 0 atom stereocenters. The second-order valence-corrected chi connectivity index (χ2v) is 7.75. The molecule has 146 valence electrons. The maximum atomic E-state index is 12.8. The predicted octanol–water partition coefficient (Wildman–Crippen LogP) is 6.21. The molecule has 0 saturated heterocycles. The van der Waals surface area contributed by atoms with Gasteiger partial charge in [-0.3, -0.25) is 4.79 Å². The first kappa shape index (κ1) is 20.1. The molecule has 0 aliphatic heterocycles. The van der Waals surface area contributed by atoms with Gasteiger partial charge in [0.1, 0.15) is 11.5 Å². The summed E-state index contributed by atoms with van der Waals surface area (Å²) in [5.74, 6) is 0.868. The van der Waals surface area contributed by atoms with Gasteiger partial charge in [-0.15, -0.1) is 11.3 Å². The van der Waals surface area contributed by atoms with E-state index >= 15 is 0 Å². The Bertz CT molecular complexity index is 960. The molecule has 0 aliphatic rings. The SMILES string of the molecule is CCCCCC(=N)CCOc1ccc(C(=O)c2csc3cc(O)ccc23)cc1. The fourth-order valence-corrected chi connectivity index (χ4v) is 4.03. The van der Waals surface area contributed by atoms with Gasteiger partial charge >= 0.3 is 0 Å². The van der Waals surface area contributed by atoms with E-state index < -0.39 is 0 Å². The van der Waals surface area contributed by atoms with Gasteiger partial charge in [0.2, 0.25) is 0 Å². The number of benzene rings is 2. The van der Waals surface area contributed by atoms with E-state index in [1.807, 2.05) is 5.38 Å². The van der Waals surface area contributed by atoms with Gasteiger partial charge in [0.25, 0.3) is 0 Å². The molecule has 3 rings (SSSR count). The van der Waals surface area contributed by atoms with Gasteiger partial charge in [0, 0.05) is 38.7 Å². The fraction of sp³-hybridized carbons (Fsp3) is 0.304. The number of nitrogens with one attached hydrogen (secondary N) is 1. The number of hydrogen-bond donors (Lipinski definition) is 2. The van der Waals surface area contributed by atoms with E-state index in [1.54, 1.807) is 42.5 Å². The van der Waals surface area contributed by atoms with E-state index in [0.717, 1.165) is 28.6 Å². The molecular weight excluding hydrogens is 370 g/mol. The molecule has 0 aliphatic carbocycles. The number of carbonyl (C=O) groups is 1. The van der Waals surface area contributed by atoms with Gasteiger partial charge < -0.3 is 15.3 Å². The van der Waals surface area contributed by atoms with E-state index in [-0.39, 0.29) is 11.5 Å². The minimum Gasteiger partial charge on any atom is -0.508 e. The molecule has 0 spiro atoms. The van der Waals surface area contributed by atoms with Crippen LogP contribution in [0.2, 0.25) is 0 Å². The summed E-state index contributed by atoms with van der Waals surface area (Å²) in [6, 6.07) is 12.2. The Labute approximate surface area is 169 Å². The summed E-state index contributed by atoms with van der Waals surface area (Å²) in [5.41, 5.74) is 1.98. The van der Waals surface area contributed by atoms with Crippen LogP contribution in [0, 0.1) is 5.41 Å². The predicted molar refractivity (Wildman–Crippen MR) is 115 cm³/mol. The third-order valence-electron chi connectivity index (χ3n) is 4.67. The van der Waals surface area contributed by atoms with Crippen LogP contribution in [0.5, 0.6) is 11.5 Å². The Morgan fingerprint density at radius 3 is 2.64 bits per heavy atom. The lowest BCUT2D eigenvalue weighted by atomic mass is 10.0. The highest BCUT2D eigenvalue weighted by Crippen LogP contribution is 2.30. The van der Waals surface area contributed by atoms with Crippen molar-refractivity contribution in [3.63, 3.8) is 0 Å². The molecule has 28 heavy (non-hydrogen) atoms. The van der Waals surface area contributed by atoms with Gasteiger partial charge in [-0.25, -0.2) is 0 Å². The van der Waals surface area contributed by atoms with E-state index in [1.165, 1.54) is 24.2 Å². The van der Waals surface area contributed by atoms with Crippen LogP contribution in [0.25, 0.3) is 10.1 Å². The van der Waals surface area contributed by atoms with Crippen molar-refractivity contribution in [1.82, 2.24) is 0 Å². The Kier molecular flexibility index (Phi) is 6.82. The van der Waals surface area contributed by atoms with E-state index in [9.17, 15) is 9.90 Å². The van der Waals surface area contributed by atoms with E-state index in [2.05, 4.69) is 6.92 Å². The summed E-state index contributed by atoms with van der Waals surface area (Å²) < 4.78 is 6.61. The van der Waals surface area contributed by atoms with Crippen LogP contribution in [-0.2, 0) is 0 Å². The number of phenols is 1. The van der Waals surface area contributed by atoms with E-state index in [0.29, 0.717) is 29.9 Å². The van der Waals surface area contributed by atoms with Crippen molar-refractivity contribution in [1.29, 1.82) is 5.41 Å². The highest BCUT2D eigenvalue weighted by molar-refractivity contribution is 7.17. The van der Waals surface area contributed by atoms with Gasteiger partial charge in [0.05, 0.1) is 6.61 Å². The average Bonchev–Trinajstić information content (AvgIpc) is 3.11. The van der Waals surface area contributed by atoms with Crippen LogP contribution < -0.4 is 4.74 Å². The molecule has 0 bridgehead atoms. The lowest BCUT2D eigenvalue weighted by molar-refractivity contribution is 0.104. The molecule has 2 aromatic carbocycles. The molecule has 0 radical (unpaired) electrons. The lowest BCUT2D eigenvalue weighted by Crippen LogP contribution is -2.06. The Morgan fingerprint density at radius 1 is 1.11 bits per heavy atom. The zero-order chi connectivity index (χ0) is 19.9. The van der Waals surface area contributed by atoms with Crippen molar-refractivity contribution in [2.75, 3.05) is 6.61 Å². The molecule has 2 N–H and O–H groups in total. The topological polar surface area (TPSA) is 70.4 Å². The average molecular weight is 396 g/mol. The molecule has 0 unspecified atom stereocenters. The van der Waals surface area contributed by atoms with Crippen LogP contribution in [0.15, 0.2) is 47.8 Å². The number of aromatic hydroxyl groups is 1. The first-order valence-electron chi connectivity index (χ1n) is 9.62. The van der Waals surface area contributed by atoms with Crippen molar-refractivity contribution < 1.29 is 14.6 Å². The van der Waals surface area contributed by atoms with Gasteiger partial charge in [-0.2, -0.15) is 0 Å². The van der Waals surface area contributed by atoms with Crippen LogP contribution in [0.4, 0.5) is 0 Å². The number of fused-ring (bicyclic) bond motifs is 1. The van der Waals surface area contributed by atoms with Crippen LogP contribution in [0.1, 0.15) is 54.9 Å². The highest BCUT2D eigenvalue weighted by atomic mass is 32.1. The van der Waals surface area contributed by atoms with Crippen LogP contribution in [0.3, 0.4) is 0 Å². The molecule has 1 heterocycles. The number of thiophene rings is 1. The Morgan fingerprint density at radius 2 is 1.89 bits per heavy atom. The maximum Gasteiger partial charge on any atom is 0.194 e. The second-order valence-electron chi connectivity index (χ2n) is 6.84. The number of ketones is 1. The van der Waals surface area contributed by atoms with Crippen LogP contribution >= 0.6 is 11.3 Å². The minimum atomic E-state index is -0.0406. The van der Waals surface area contributed by atoms with Crippen molar-refractivity contribution in [2.45, 2.75) is 39.0 Å². The van der Waals surface area contributed by atoms with Gasteiger partial charge in [-0.05, 0) is 55.3 Å². The summed E-state index contributed by atoms with van der Waals surface area (Å²) in [6.07, 6.45) is 4.88. The van der Waals surface area contributed by atoms with Crippen molar-refractivity contribution in [3.05, 3.63) is 59.0 Å². The van der Waals surface area contributed by atoms with Gasteiger partial charge in [-0.1, -0.05) is 19.8 Å². The largest absolute Gasteiger partial charge is 0.508 e. The zero-order valence-electron chi connectivity index (χ0n) is 16.0. The second kappa shape index (κ2) is 9.51. The maximum absolute atomic E-state index is 12.8. The first-order valence-corrected chi connectivity index (χ1v) is 10.5. The first-order chi connectivity index (χ1) is 13.6. The third-order valence-corrected chi connectivity index (χ3v) is 5.62. The summed E-state index contributed by atoms with van der Waals surface area (Å²) >= 11 is 1.45. The van der Waals surface area contributed by atoms with Crippen molar-refractivity contribution in [2.24, 2.45) is 0 Å². The van der Waals surface area contributed by atoms with Gasteiger partial charge in [0.15, 0.2) is 5.78 Å². The number of unbranched alkanes of at least 4 members (excludes halogenated alkanes) is 2. The molecule has 1 aromatic heterocycles. The fourth-order valence-electron chi connectivity index (χ4n) is 3.06. The summed E-state index contributed by atoms with van der Waals surface area (Å²) in [6.45, 7) is 2.64. The van der Waals surface area contributed by atoms with Crippen molar-refractivity contribution in [3.8, 4) is 11.5 Å². The normalized spacial score (nSPS) is 10.9. The number of ether oxygens (including phenoxy) is 1. The quantitative estimate of drug-likeness (QED) is 0.244. The van der Waals surface area contributed by atoms with Crippen LogP contribution in [-0.4, -0.2) is 23.2 Å². The number of rotatable bonds is 10. The lowest BCUT2D eigenvalue weighted by Gasteiger charge is -2.08. The third kappa shape index (κ3) is 4.98. The standard InChI is InChI=1S/C23H25NO3S/c1-2-3-4-5-17(24)12-13-27-19-9-6-16(7-10-19)23(26)21-15-28-22-14-18(25)8-11-20(21)22/h6-11,14-15,24-25H,2-5,12-13H2,1H3. The molecule has 0 amide bonds. The summed E-state index contributed by atoms with van der Waals surface area (Å²) in [7, 11) is 0. The molecule has 5 heteroatoms. The monoisotopic (exact) mass is 395 g/mol. The number of carbonyl (C=O) groups excluding carboxylic acids is 1. The summed E-state index contributed by atoms with van der Waals surface area (Å²) in [4.78, 5) is 12.8. The molecule has 4 nitrogen and oxygen atoms in total. The molecular formula is C23H25NO3S. The zero-order valence-corrected chi connectivity index (χ0v) is 16.8. The minimum absolute atomic E-state index is 0.0406. The van der Waals surface area contributed by atoms with Crippen molar-refractivity contribution >= 4 is 32.9 Å². The number of phenolic OH excluding ortho intramolecular Hbond substituents is 1. The Balaban J connectivity index is 1.57. The molecule has 0 saturated carbocycles. The summed E-state index contributed by atoms with van der Waals surface area (Å²) in [5, 5.41) is 20.2. The number of hydrogen-bond acceptors (Lipinski definition) is 5. The van der Waals surface area contributed by atoms with E-state index in [4.69, 9.17) is 10.1 Å². The highest BCUT2D eigenvalue weighted by Gasteiger charge is 2.15.